The Kier molecular flexibility index (Phi) is 5.44. The molecule has 0 saturated heterocycles. The number of tetrazole rings is 1. The molecule has 2 heterocycles. The molecule has 1 atom stereocenters. The molecule has 0 bridgehead atoms. The normalized spacial score (nSPS) is 15.7. The number of nitrogens with one attached hydrogen (secondary N) is 1. The number of hydrazone groups is 1. The number of nitrogens with two attached hydrogens (primary N) is 1. The summed E-state index contributed by atoms with van der Waals surface area (Å²) in [6.45, 7) is 0. The number of amides is 2. The number of thioether (sulfide) groups is 1. The van der Waals surface area contributed by atoms with Gasteiger partial charge in [-0.1, -0.05) is 36.0 Å². The summed E-state index contributed by atoms with van der Waals surface area (Å²) in [7, 11) is 0. The van der Waals surface area contributed by atoms with Crippen molar-refractivity contribution in [3.63, 3.8) is 0 Å². The van der Waals surface area contributed by atoms with Crippen molar-refractivity contribution in [2.75, 3.05) is 16.6 Å². The zero-order chi connectivity index (χ0) is 21.1. The lowest BCUT2D eigenvalue weighted by atomic mass is 10.1. The predicted octanol–water partition coefficient (Wildman–Crippen LogP) is 1.44. The second-order valence-electron chi connectivity index (χ2n) is 6.43. The quantitative estimate of drug-likeness (QED) is 0.575. The maximum absolute atomic E-state index is 12.8. The largest absolute Gasteiger partial charge is 0.368 e. The number of carbonyl (C=O) groups is 2. The maximum atomic E-state index is 12.8. The van der Waals surface area contributed by atoms with Crippen LogP contribution in [0.2, 0.25) is 0 Å². The molecule has 1 aromatic heterocycles. The molecule has 1 aliphatic heterocycles. The molecule has 1 aliphatic rings. The van der Waals surface area contributed by atoms with Gasteiger partial charge in [-0.05, 0) is 47.0 Å². The van der Waals surface area contributed by atoms with Crippen molar-refractivity contribution in [1.82, 2.24) is 20.2 Å². The van der Waals surface area contributed by atoms with Gasteiger partial charge in [0, 0.05) is 12.1 Å². The topological polar surface area (TPSA) is 131 Å². The molecule has 0 saturated carbocycles. The van der Waals surface area contributed by atoms with Gasteiger partial charge in [-0.2, -0.15) is 9.78 Å². The molecule has 3 aromatic rings. The number of anilines is 2. The molecule has 10 nitrogen and oxygen atoms in total. The van der Waals surface area contributed by atoms with E-state index in [4.69, 9.17) is 5.73 Å². The molecule has 30 heavy (non-hydrogen) atoms. The van der Waals surface area contributed by atoms with Gasteiger partial charge in [0.25, 0.3) is 5.91 Å². The molecule has 2 amide bonds. The van der Waals surface area contributed by atoms with E-state index in [9.17, 15) is 9.59 Å². The standard InChI is InChI=1S/C19H18N8O2S/c1-30-19-22-24-25-27(19)14-9-5-6-12(10-14)21-18(29)15-11-16(17(20)28)26(23-15)13-7-3-2-4-8-13/h2-10,16H,11H2,1H3,(H2,20,28)(H,21,29). The highest BCUT2D eigenvalue weighted by molar-refractivity contribution is 7.98. The van der Waals surface area contributed by atoms with Crippen LogP contribution in [-0.2, 0) is 9.59 Å². The minimum Gasteiger partial charge on any atom is -0.368 e. The number of carbonyl (C=O) groups excluding carboxylic acids is 2. The fraction of sp³-hybridized carbons (Fsp3) is 0.158. The molecule has 0 radical (unpaired) electrons. The molecule has 4 rings (SSSR count). The van der Waals surface area contributed by atoms with E-state index in [1.807, 2.05) is 30.5 Å². The van der Waals surface area contributed by atoms with Gasteiger partial charge in [0.1, 0.15) is 11.8 Å². The van der Waals surface area contributed by atoms with Crippen LogP contribution in [0.4, 0.5) is 11.4 Å². The first-order chi connectivity index (χ1) is 14.6. The smallest absolute Gasteiger partial charge is 0.271 e. The van der Waals surface area contributed by atoms with Crippen molar-refractivity contribution in [2.24, 2.45) is 10.8 Å². The zero-order valence-corrected chi connectivity index (χ0v) is 16.8. The lowest BCUT2D eigenvalue weighted by Gasteiger charge is -2.20. The Morgan fingerprint density at radius 2 is 1.90 bits per heavy atom. The minimum atomic E-state index is -0.718. The van der Waals surface area contributed by atoms with E-state index < -0.39 is 17.9 Å². The molecular weight excluding hydrogens is 404 g/mol. The summed E-state index contributed by atoms with van der Waals surface area (Å²) < 4.78 is 1.58. The van der Waals surface area contributed by atoms with Crippen molar-refractivity contribution in [3.05, 3.63) is 54.6 Å². The second-order valence-corrected chi connectivity index (χ2v) is 7.20. The number of hydrogen-bond acceptors (Lipinski definition) is 8. The van der Waals surface area contributed by atoms with Gasteiger partial charge in [-0.25, -0.2) is 0 Å². The fourth-order valence-electron chi connectivity index (χ4n) is 3.07. The Hall–Kier alpha value is -3.73. The Bertz CT molecular complexity index is 1110. The first-order valence-corrected chi connectivity index (χ1v) is 10.2. The SMILES string of the molecule is CSc1nnnn1-c1cccc(NC(=O)C2=NN(c3ccccc3)C(C(N)=O)C2)c1. The van der Waals surface area contributed by atoms with Crippen LogP contribution in [-0.4, -0.2) is 50.0 Å². The molecule has 0 spiro atoms. The maximum Gasteiger partial charge on any atom is 0.271 e. The van der Waals surface area contributed by atoms with Crippen molar-refractivity contribution in [3.8, 4) is 5.69 Å². The number of para-hydroxylation sites is 1. The van der Waals surface area contributed by atoms with E-state index in [1.54, 1.807) is 35.0 Å². The molecule has 0 fully saturated rings. The third-order valence-corrected chi connectivity index (χ3v) is 5.11. The Balaban J connectivity index is 1.55. The summed E-state index contributed by atoms with van der Waals surface area (Å²) in [5, 5.41) is 20.9. The Morgan fingerprint density at radius 3 is 2.63 bits per heavy atom. The first-order valence-electron chi connectivity index (χ1n) is 9.02. The summed E-state index contributed by atoms with van der Waals surface area (Å²) in [6, 6.07) is 15.5. The van der Waals surface area contributed by atoms with E-state index in [0.29, 0.717) is 22.2 Å². The molecule has 1 unspecified atom stereocenters. The lowest BCUT2D eigenvalue weighted by molar-refractivity contribution is -0.119. The average molecular weight is 422 g/mol. The van der Waals surface area contributed by atoms with Gasteiger partial charge in [0.2, 0.25) is 11.1 Å². The molecule has 0 aliphatic carbocycles. The van der Waals surface area contributed by atoms with E-state index in [-0.39, 0.29) is 12.1 Å². The van der Waals surface area contributed by atoms with E-state index in [2.05, 4.69) is 25.9 Å². The zero-order valence-electron chi connectivity index (χ0n) is 16.0. The number of nitrogens with zero attached hydrogens (tertiary/aromatic N) is 6. The molecule has 3 N–H and O–H groups in total. The van der Waals surface area contributed by atoms with E-state index in [0.717, 1.165) is 0 Å². The van der Waals surface area contributed by atoms with Crippen LogP contribution in [0, 0.1) is 0 Å². The first kappa shape index (κ1) is 19.6. The summed E-state index contributed by atoms with van der Waals surface area (Å²) >= 11 is 1.41. The average Bonchev–Trinajstić information content (AvgIpc) is 3.42. The molecule has 2 aromatic carbocycles. The van der Waals surface area contributed by atoms with Crippen LogP contribution in [0.1, 0.15) is 6.42 Å². The summed E-state index contributed by atoms with van der Waals surface area (Å²) in [5.74, 6) is -0.950. The van der Waals surface area contributed by atoms with Gasteiger partial charge >= 0.3 is 0 Å². The van der Waals surface area contributed by atoms with Crippen molar-refractivity contribution < 1.29 is 9.59 Å². The van der Waals surface area contributed by atoms with Crippen molar-refractivity contribution in [1.29, 1.82) is 0 Å². The van der Waals surface area contributed by atoms with Gasteiger partial charge < -0.3 is 11.1 Å². The van der Waals surface area contributed by atoms with Crippen LogP contribution < -0.4 is 16.1 Å². The number of aromatic nitrogens is 4. The second kappa shape index (κ2) is 8.33. The van der Waals surface area contributed by atoms with Crippen LogP contribution in [0.5, 0.6) is 0 Å². The highest BCUT2D eigenvalue weighted by Gasteiger charge is 2.35. The van der Waals surface area contributed by atoms with Crippen LogP contribution in [0.25, 0.3) is 5.69 Å². The van der Waals surface area contributed by atoms with Crippen molar-refractivity contribution >= 4 is 40.7 Å². The highest BCUT2D eigenvalue weighted by Crippen LogP contribution is 2.25. The monoisotopic (exact) mass is 422 g/mol. The molecule has 11 heteroatoms. The number of hydrogen-bond donors (Lipinski definition) is 2. The third kappa shape index (κ3) is 3.87. The summed E-state index contributed by atoms with van der Waals surface area (Å²) in [4.78, 5) is 24.7. The fourth-order valence-corrected chi connectivity index (χ4v) is 3.51. The van der Waals surface area contributed by atoms with Gasteiger partial charge in [0.15, 0.2) is 0 Å². The summed E-state index contributed by atoms with van der Waals surface area (Å²) in [5.41, 5.74) is 7.70. The van der Waals surface area contributed by atoms with E-state index in [1.165, 1.54) is 16.8 Å². The lowest BCUT2D eigenvalue weighted by Crippen LogP contribution is -2.39. The van der Waals surface area contributed by atoms with Crippen LogP contribution >= 0.6 is 11.8 Å². The summed E-state index contributed by atoms with van der Waals surface area (Å²) in [6.07, 6.45) is 2.00. The minimum absolute atomic E-state index is 0.124. The number of rotatable bonds is 6. The van der Waals surface area contributed by atoms with Gasteiger partial charge in [-0.3, -0.25) is 14.6 Å². The van der Waals surface area contributed by atoms with Gasteiger partial charge in [-0.15, -0.1) is 5.10 Å². The Labute approximate surface area is 176 Å². The third-order valence-electron chi connectivity index (χ3n) is 4.49. The predicted molar refractivity (Wildman–Crippen MR) is 114 cm³/mol. The van der Waals surface area contributed by atoms with Crippen LogP contribution in [0.15, 0.2) is 64.9 Å². The number of benzene rings is 2. The van der Waals surface area contributed by atoms with Crippen LogP contribution in [0.3, 0.4) is 0 Å². The molecular formula is C19H18N8O2S. The highest BCUT2D eigenvalue weighted by atomic mass is 32.2. The van der Waals surface area contributed by atoms with Gasteiger partial charge in [0.05, 0.1) is 11.4 Å². The molecule has 152 valence electrons. The number of primary amides is 1. The van der Waals surface area contributed by atoms with Crippen molar-refractivity contribution in [2.45, 2.75) is 17.6 Å². The Morgan fingerprint density at radius 1 is 1.13 bits per heavy atom. The van der Waals surface area contributed by atoms with E-state index >= 15 is 0 Å².